The van der Waals surface area contributed by atoms with Crippen LogP contribution in [0.15, 0.2) is 24.3 Å². The Morgan fingerprint density at radius 1 is 1.38 bits per heavy atom. The van der Waals surface area contributed by atoms with Gasteiger partial charge in [-0.1, -0.05) is 12.1 Å². The van der Waals surface area contributed by atoms with E-state index >= 15 is 0 Å². The molecule has 0 amide bonds. The van der Waals surface area contributed by atoms with Crippen LogP contribution in [0.4, 0.5) is 5.69 Å². The number of aromatic nitrogens is 1. The number of phenols is 1. The van der Waals surface area contributed by atoms with Gasteiger partial charge in [0.15, 0.2) is 5.69 Å². The van der Waals surface area contributed by atoms with Crippen LogP contribution in [0.3, 0.4) is 0 Å². The van der Waals surface area contributed by atoms with Gasteiger partial charge in [-0.05, 0) is 12.1 Å². The molecule has 0 radical (unpaired) electrons. The number of anilines is 1. The number of para-hydroxylation sites is 1. The fourth-order valence-electron chi connectivity index (χ4n) is 2.59. The first-order valence-electron chi connectivity index (χ1n) is 6.87. The van der Waals surface area contributed by atoms with Crippen LogP contribution in [0.2, 0.25) is 0 Å². The molecular formula is C15H17N3O3. The molecule has 0 atom stereocenters. The lowest BCUT2D eigenvalue weighted by Gasteiger charge is -2.30. The lowest BCUT2D eigenvalue weighted by Crippen LogP contribution is -2.43. The number of ether oxygens (including phenoxy) is 1. The van der Waals surface area contributed by atoms with E-state index < -0.39 is 5.97 Å². The molecule has 1 saturated heterocycles. The van der Waals surface area contributed by atoms with Crippen molar-refractivity contribution in [3.05, 3.63) is 30.0 Å². The van der Waals surface area contributed by atoms with Crippen LogP contribution >= 0.6 is 0 Å². The highest BCUT2D eigenvalue weighted by Crippen LogP contribution is 2.32. The highest BCUT2D eigenvalue weighted by molar-refractivity contribution is 6.00. The topological polar surface area (TPSA) is 74.7 Å². The van der Waals surface area contributed by atoms with E-state index in [1.54, 1.807) is 18.2 Å². The number of carbonyl (C=O) groups is 1. The molecule has 0 spiro atoms. The minimum absolute atomic E-state index is 0.0645. The molecular weight excluding hydrogens is 270 g/mol. The molecule has 6 nitrogen and oxygen atoms in total. The summed E-state index contributed by atoms with van der Waals surface area (Å²) in [5, 5.41) is 14.2. The van der Waals surface area contributed by atoms with Crippen molar-refractivity contribution in [1.29, 1.82) is 0 Å². The van der Waals surface area contributed by atoms with Crippen molar-refractivity contribution < 1.29 is 14.6 Å². The predicted molar refractivity (Wildman–Crippen MR) is 79.8 cm³/mol. The van der Waals surface area contributed by atoms with Crippen molar-refractivity contribution in [3.63, 3.8) is 0 Å². The molecule has 0 unspecified atom stereocenters. The Balaban J connectivity index is 2.19. The molecule has 21 heavy (non-hydrogen) atoms. The van der Waals surface area contributed by atoms with E-state index in [0.29, 0.717) is 5.52 Å². The number of methoxy groups -OCH3 is 1. The molecule has 0 bridgehead atoms. The fourth-order valence-corrected chi connectivity index (χ4v) is 2.59. The molecule has 110 valence electrons. The third kappa shape index (κ3) is 2.50. The summed E-state index contributed by atoms with van der Waals surface area (Å²) < 4.78 is 4.75. The molecule has 1 aromatic carbocycles. The number of benzene rings is 1. The van der Waals surface area contributed by atoms with Gasteiger partial charge >= 0.3 is 5.97 Å². The SMILES string of the molecule is COC(=O)c1cc(N2CCNCC2)c2cccc(O)c2n1. The Hall–Kier alpha value is -2.34. The van der Waals surface area contributed by atoms with Gasteiger partial charge in [0.1, 0.15) is 11.3 Å². The number of piperazine rings is 1. The quantitative estimate of drug-likeness (QED) is 0.807. The number of nitrogens with zero attached hydrogens (tertiary/aromatic N) is 2. The second-order valence-corrected chi connectivity index (χ2v) is 4.93. The lowest BCUT2D eigenvalue weighted by molar-refractivity contribution is 0.0594. The molecule has 0 saturated carbocycles. The molecule has 2 N–H and O–H groups in total. The van der Waals surface area contributed by atoms with Gasteiger partial charge in [0.2, 0.25) is 0 Å². The van der Waals surface area contributed by atoms with E-state index in [1.807, 2.05) is 6.07 Å². The average Bonchev–Trinajstić information content (AvgIpc) is 2.54. The summed E-state index contributed by atoms with van der Waals surface area (Å²) in [7, 11) is 1.32. The molecule has 1 fully saturated rings. The fraction of sp³-hybridized carbons (Fsp3) is 0.333. The van der Waals surface area contributed by atoms with Crippen molar-refractivity contribution in [2.24, 2.45) is 0 Å². The van der Waals surface area contributed by atoms with Crippen LogP contribution in [-0.2, 0) is 4.74 Å². The minimum atomic E-state index is -0.503. The Morgan fingerprint density at radius 2 is 2.14 bits per heavy atom. The first kappa shape index (κ1) is 13.6. The van der Waals surface area contributed by atoms with Crippen LogP contribution in [0.25, 0.3) is 10.9 Å². The normalized spacial score (nSPS) is 15.2. The van der Waals surface area contributed by atoms with Crippen LogP contribution in [-0.4, -0.2) is 49.3 Å². The van der Waals surface area contributed by atoms with Gasteiger partial charge in [0, 0.05) is 37.3 Å². The number of aromatic hydroxyl groups is 1. The summed E-state index contributed by atoms with van der Waals surface area (Å²) in [5.41, 5.74) is 1.53. The number of nitrogens with one attached hydrogen (secondary N) is 1. The van der Waals surface area contributed by atoms with Crippen LogP contribution in [0, 0.1) is 0 Å². The number of rotatable bonds is 2. The highest BCUT2D eigenvalue weighted by atomic mass is 16.5. The van der Waals surface area contributed by atoms with Crippen molar-refractivity contribution in [2.75, 3.05) is 38.2 Å². The second-order valence-electron chi connectivity index (χ2n) is 4.93. The Kier molecular flexibility index (Phi) is 3.62. The van der Waals surface area contributed by atoms with Gasteiger partial charge in [-0.3, -0.25) is 0 Å². The predicted octanol–water partition coefficient (Wildman–Crippen LogP) is 1.14. The van der Waals surface area contributed by atoms with E-state index in [1.165, 1.54) is 7.11 Å². The van der Waals surface area contributed by atoms with E-state index in [4.69, 9.17) is 4.74 Å². The van der Waals surface area contributed by atoms with Crippen LogP contribution < -0.4 is 10.2 Å². The average molecular weight is 287 g/mol. The zero-order chi connectivity index (χ0) is 14.8. The smallest absolute Gasteiger partial charge is 0.356 e. The van der Waals surface area contributed by atoms with Crippen LogP contribution in [0.5, 0.6) is 5.75 Å². The summed E-state index contributed by atoms with van der Waals surface area (Å²) in [6.07, 6.45) is 0. The second kappa shape index (κ2) is 5.57. The van der Waals surface area contributed by atoms with Gasteiger partial charge in [-0.15, -0.1) is 0 Å². The summed E-state index contributed by atoms with van der Waals surface area (Å²) in [6.45, 7) is 3.46. The maximum Gasteiger partial charge on any atom is 0.356 e. The molecule has 0 aliphatic carbocycles. The number of hydrogen-bond donors (Lipinski definition) is 2. The minimum Gasteiger partial charge on any atom is -0.506 e. The number of phenolic OH excluding ortho intramolecular Hbond substituents is 1. The van der Waals surface area contributed by atoms with Gasteiger partial charge in [0.25, 0.3) is 0 Å². The van der Waals surface area contributed by atoms with Crippen molar-refractivity contribution in [3.8, 4) is 5.75 Å². The molecule has 2 aromatic rings. The number of hydrogen-bond acceptors (Lipinski definition) is 6. The van der Waals surface area contributed by atoms with E-state index in [2.05, 4.69) is 15.2 Å². The number of pyridine rings is 1. The summed E-state index contributed by atoms with van der Waals surface area (Å²) in [6, 6.07) is 6.99. The van der Waals surface area contributed by atoms with Crippen molar-refractivity contribution in [1.82, 2.24) is 10.3 Å². The van der Waals surface area contributed by atoms with Gasteiger partial charge in [-0.25, -0.2) is 9.78 Å². The molecule has 3 rings (SSSR count). The zero-order valence-electron chi connectivity index (χ0n) is 11.8. The molecule has 2 heterocycles. The number of carbonyl (C=O) groups excluding carboxylic acids is 1. The summed E-state index contributed by atoms with van der Waals surface area (Å²) in [4.78, 5) is 18.2. The monoisotopic (exact) mass is 287 g/mol. The van der Waals surface area contributed by atoms with Gasteiger partial charge in [0.05, 0.1) is 7.11 Å². The Bertz CT molecular complexity index is 681. The van der Waals surface area contributed by atoms with Crippen molar-refractivity contribution in [2.45, 2.75) is 0 Å². The van der Waals surface area contributed by atoms with E-state index in [9.17, 15) is 9.90 Å². The number of fused-ring (bicyclic) bond motifs is 1. The first-order chi connectivity index (χ1) is 10.2. The third-order valence-corrected chi connectivity index (χ3v) is 3.65. The Morgan fingerprint density at radius 3 is 2.86 bits per heavy atom. The van der Waals surface area contributed by atoms with E-state index in [-0.39, 0.29) is 11.4 Å². The molecule has 1 aliphatic rings. The Labute approximate surface area is 122 Å². The molecule has 1 aromatic heterocycles. The standard InChI is InChI=1S/C15H17N3O3/c1-21-15(20)11-9-12(18-7-5-16-6-8-18)10-3-2-4-13(19)14(10)17-11/h2-4,9,16,19H,5-8H2,1H3. The lowest BCUT2D eigenvalue weighted by atomic mass is 10.1. The maximum absolute atomic E-state index is 11.8. The summed E-state index contributed by atoms with van der Waals surface area (Å²) in [5.74, 6) is -0.439. The van der Waals surface area contributed by atoms with Gasteiger partial charge < -0.3 is 20.1 Å². The van der Waals surface area contributed by atoms with E-state index in [0.717, 1.165) is 37.3 Å². The third-order valence-electron chi connectivity index (χ3n) is 3.65. The van der Waals surface area contributed by atoms with Crippen LogP contribution in [0.1, 0.15) is 10.5 Å². The largest absolute Gasteiger partial charge is 0.506 e. The van der Waals surface area contributed by atoms with Crippen molar-refractivity contribution >= 4 is 22.6 Å². The highest BCUT2D eigenvalue weighted by Gasteiger charge is 2.19. The maximum atomic E-state index is 11.8. The number of esters is 1. The summed E-state index contributed by atoms with van der Waals surface area (Å²) >= 11 is 0. The molecule has 1 aliphatic heterocycles. The van der Waals surface area contributed by atoms with Gasteiger partial charge in [-0.2, -0.15) is 0 Å². The molecule has 6 heteroatoms. The zero-order valence-corrected chi connectivity index (χ0v) is 11.8. The first-order valence-corrected chi connectivity index (χ1v) is 6.87.